The molecule has 1 amide bonds. The van der Waals surface area contributed by atoms with Gasteiger partial charge in [-0.3, -0.25) is 4.79 Å². The Morgan fingerprint density at radius 2 is 1.75 bits per heavy atom. The van der Waals surface area contributed by atoms with E-state index in [9.17, 15) is 18.4 Å². The monoisotopic (exact) mass is 281 g/mol. The Balaban J connectivity index is 1.77. The van der Waals surface area contributed by atoms with Gasteiger partial charge in [0.15, 0.2) is 0 Å². The Hall–Kier alpha value is -1.98. The summed E-state index contributed by atoms with van der Waals surface area (Å²) >= 11 is 0. The molecule has 1 aromatic carbocycles. The number of halogens is 2. The number of carbonyl (C=O) groups is 2. The second kappa shape index (κ2) is 4.54. The van der Waals surface area contributed by atoms with Gasteiger partial charge < -0.3 is 10.4 Å². The fourth-order valence-electron chi connectivity index (χ4n) is 2.97. The number of carbonyl (C=O) groups excluding carboxylic acids is 1. The molecule has 6 heteroatoms. The fourth-order valence-corrected chi connectivity index (χ4v) is 2.97. The van der Waals surface area contributed by atoms with Crippen molar-refractivity contribution in [3.05, 3.63) is 29.3 Å². The number of carboxylic acids is 1. The van der Waals surface area contributed by atoms with Crippen LogP contribution in [0.2, 0.25) is 0 Å². The van der Waals surface area contributed by atoms with E-state index >= 15 is 0 Å². The Kier molecular flexibility index (Phi) is 2.96. The zero-order chi connectivity index (χ0) is 14.4. The summed E-state index contributed by atoms with van der Waals surface area (Å²) in [5.74, 6) is -2.88. The molecule has 2 aliphatic carbocycles. The molecule has 4 nitrogen and oxygen atoms in total. The van der Waals surface area contributed by atoms with E-state index in [0.29, 0.717) is 17.9 Å². The number of anilines is 1. The minimum atomic E-state index is -1.50. The Morgan fingerprint density at radius 1 is 1.10 bits per heavy atom. The first-order valence-electron chi connectivity index (χ1n) is 6.49. The summed E-state index contributed by atoms with van der Waals surface area (Å²) in [5.41, 5.74) is -0.939. The van der Waals surface area contributed by atoms with Crippen molar-refractivity contribution in [2.75, 3.05) is 5.32 Å². The van der Waals surface area contributed by atoms with Gasteiger partial charge in [0.2, 0.25) is 5.91 Å². The molecule has 3 rings (SSSR count). The fraction of sp³-hybridized carbons (Fsp3) is 0.429. The number of hydrogen-bond acceptors (Lipinski definition) is 2. The van der Waals surface area contributed by atoms with Gasteiger partial charge in [-0.2, -0.15) is 0 Å². The van der Waals surface area contributed by atoms with Gasteiger partial charge in [-0.1, -0.05) is 0 Å². The molecule has 0 bridgehead atoms. The first-order chi connectivity index (χ1) is 9.45. The van der Waals surface area contributed by atoms with Gasteiger partial charge in [0.1, 0.15) is 11.6 Å². The second-order valence-electron chi connectivity index (χ2n) is 5.53. The minimum Gasteiger partial charge on any atom is -0.478 e. The number of fused-ring (bicyclic) bond motifs is 1. The molecule has 2 saturated carbocycles. The van der Waals surface area contributed by atoms with E-state index in [-0.39, 0.29) is 17.5 Å². The number of hydrogen-bond donors (Lipinski definition) is 2. The van der Waals surface area contributed by atoms with E-state index in [2.05, 4.69) is 5.32 Å². The number of benzene rings is 1. The topological polar surface area (TPSA) is 66.4 Å². The first kappa shape index (κ1) is 13.0. The van der Waals surface area contributed by atoms with Crippen LogP contribution in [-0.2, 0) is 4.79 Å². The standard InChI is InChI=1S/C14H13F2NO3/c15-10-5-11(16)12(4-9(10)14(19)20)17-13(18)8-2-6-1-7(6)3-8/h4-8H,1-3H2,(H,17,18)(H,19,20). The summed E-state index contributed by atoms with van der Waals surface area (Å²) in [6, 6.07) is 1.30. The normalized spacial score (nSPS) is 27.0. The third-order valence-corrected chi connectivity index (χ3v) is 4.16. The molecule has 20 heavy (non-hydrogen) atoms. The molecule has 1 aromatic rings. The molecule has 0 spiro atoms. The van der Waals surface area contributed by atoms with E-state index in [1.54, 1.807) is 0 Å². The lowest BCUT2D eigenvalue weighted by molar-refractivity contribution is -0.120. The molecule has 2 atom stereocenters. The molecule has 2 fully saturated rings. The van der Waals surface area contributed by atoms with Gasteiger partial charge in [0.05, 0.1) is 11.3 Å². The van der Waals surface area contributed by atoms with Gasteiger partial charge in [-0.15, -0.1) is 0 Å². The zero-order valence-electron chi connectivity index (χ0n) is 10.5. The quantitative estimate of drug-likeness (QED) is 0.895. The summed E-state index contributed by atoms with van der Waals surface area (Å²) < 4.78 is 26.8. The van der Waals surface area contributed by atoms with E-state index < -0.39 is 23.2 Å². The summed E-state index contributed by atoms with van der Waals surface area (Å²) in [5, 5.41) is 11.2. The lowest BCUT2D eigenvalue weighted by Gasteiger charge is -2.13. The first-order valence-corrected chi connectivity index (χ1v) is 6.49. The SMILES string of the molecule is O=C(O)c1cc(NC(=O)C2CC3CC3C2)c(F)cc1F. The zero-order valence-corrected chi connectivity index (χ0v) is 10.5. The molecule has 2 unspecified atom stereocenters. The van der Waals surface area contributed by atoms with Crippen LogP contribution in [0.25, 0.3) is 0 Å². The molecule has 2 N–H and O–H groups in total. The lowest BCUT2D eigenvalue weighted by atomic mass is 10.0. The number of nitrogens with one attached hydrogen (secondary N) is 1. The molecule has 0 radical (unpaired) electrons. The average molecular weight is 281 g/mol. The van der Waals surface area contributed by atoms with Gasteiger partial charge in [0, 0.05) is 12.0 Å². The molecular formula is C14H13F2NO3. The Morgan fingerprint density at radius 3 is 2.35 bits per heavy atom. The molecule has 2 aliphatic rings. The van der Waals surface area contributed by atoms with Crippen LogP contribution in [0.15, 0.2) is 12.1 Å². The van der Waals surface area contributed by atoms with Crippen LogP contribution in [-0.4, -0.2) is 17.0 Å². The summed E-state index contributed by atoms with van der Waals surface area (Å²) in [4.78, 5) is 22.8. The molecule has 106 valence electrons. The number of amides is 1. The third kappa shape index (κ3) is 2.26. The molecule has 0 saturated heterocycles. The van der Waals surface area contributed by atoms with E-state index in [0.717, 1.165) is 25.3 Å². The Labute approximate surface area is 113 Å². The maximum Gasteiger partial charge on any atom is 0.338 e. The highest BCUT2D eigenvalue weighted by molar-refractivity contribution is 5.95. The van der Waals surface area contributed by atoms with E-state index in [1.807, 2.05) is 0 Å². The third-order valence-electron chi connectivity index (χ3n) is 4.16. The molecule has 0 aromatic heterocycles. The van der Waals surface area contributed by atoms with Crippen LogP contribution < -0.4 is 5.32 Å². The number of aromatic carboxylic acids is 1. The van der Waals surface area contributed by atoms with Gasteiger partial charge in [0.25, 0.3) is 0 Å². The van der Waals surface area contributed by atoms with Crippen molar-refractivity contribution in [3.63, 3.8) is 0 Å². The minimum absolute atomic E-state index is 0.156. The summed E-state index contributed by atoms with van der Waals surface area (Å²) in [7, 11) is 0. The van der Waals surface area contributed by atoms with Crippen molar-refractivity contribution in [2.24, 2.45) is 17.8 Å². The van der Waals surface area contributed by atoms with Crippen molar-refractivity contribution < 1.29 is 23.5 Å². The van der Waals surface area contributed by atoms with Crippen LogP contribution in [0.4, 0.5) is 14.5 Å². The lowest BCUT2D eigenvalue weighted by Crippen LogP contribution is -2.22. The summed E-state index contributed by atoms with van der Waals surface area (Å²) in [6.07, 6.45) is 2.76. The highest BCUT2D eigenvalue weighted by Gasteiger charge is 2.48. The predicted molar refractivity (Wildman–Crippen MR) is 66.3 cm³/mol. The van der Waals surface area contributed by atoms with E-state index in [1.165, 1.54) is 0 Å². The van der Waals surface area contributed by atoms with Crippen molar-refractivity contribution in [2.45, 2.75) is 19.3 Å². The molecule has 0 heterocycles. The summed E-state index contributed by atoms with van der Waals surface area (Å²) in [6.45, 7) is 0. The highest BCUT2D eigenvalue weighted by Crippen LogP contribution is 2.54. The van der Waals surface area contributed by atoms with Crippen molar-refractivity contribution in [1.82, 2.24) is 0 Å². The van der Waals surface area contributed by atoms with Gasteiger partial charge in [-0.25, -0.2) is 13.6 Å². The van der Waals surface area contributed by atoms with Crippen LogP contribution >= 0.6 is 0 Å². The van der Waals surface area contributed by atoms with Crippen molar-refractivity contribution >= 4 is 17.6 Å². The van der Waals surface area contributed by atoms with Crippen LogP contribution in [0.3, 0.4) is 0 Å². The largest absolute Gasteiger partial charge is 0.478 e. The van der Waals surface area contributed by atoms with Gasteiger partial charge in [-0.05, 0) is 37.2 Å². The molecule has 0 aliphatic heterocycles. The number of carboxylic acid groups (broad SMARTS) is 1. The van der Waals surface area contributed by atoms with Crippen molar-refractivity contribution in [1.29, 1.82) is 0 Å². The predicted octanol–water partition coefficient (Wildman–Crippen LogP) is 2.65. The van der Waals surface area contributed by atoms with Crippen LogP contribution in [0, 0.1) is 29.4 Å². The molecular weight excluding hydrogens is 268 g/mol. The Bertz CT molecular complexity index is 592. The maximum absolute atomic E-state index is 13.6. The highest BCUT2D eigenvalue weighted by atomic mass is 19.1. The maximum atomic E-state index is 13.6. The smallest absolute Gasteiger partial charge is 0.338 e. The number of rotatable bonds is 3. The van der Waals surface area contributed by atoms with Crippen LogP contribution in [0.5, 0.6) is 0 Å². The average Bonchev–Trinajstić information content (AvgIpc) is 2.98. The van der Waals surface area contributed by atoms with E-state index in [4.69, 9.17) is 5.11 Å². The van der Waals surface area contributed by atoms with Crippen molar-refractivity contribution in [3.8, 4) is 0 Å². The van der Waals surface area contributed by atoms with Gasteiger partial charge >= 0.3 is 5.97 Å². The van der Waals surface area contributed by atoms with Crippen LogP contribution in [0.1, 0.15) is 29.6 Å². The second-order valence-corrected chi connectivity index (χ2v) is 5.53.